The van der Waals surface area contributed by atoms with Crippen LogP contribution in [0.2, 0.25) is 0 Å². The zero-order chi connectivity index (χ0) is 8.27. The summed E-state index contributed by atoms with van der Waals surface area (Å²) in [6.07, 6.45) is -0.605. The molecule has 0 fully saturated rings. The molecule has 0 aliphatic heterocycles. The molecule has 2 atom stereocenters. The first-order valence-electron chi connectivity index (χ1n) is 3.20. The summed E-state index contributed by atoms with van der Waals surface area (Å²) in [5.41, 5.74) is 0.853. The molecule has 2 nitrogen and oxygen atoms in total. The molecule has 0 aliphatic rings. The Hall–Kier alpha value is 0.100. The van der Waals surface area contributed by atoms with E-state index in [1.54, 1.807) is 0 Å². The summed E-state index contributed by atoms with van der Waals surface area (Å²) in [5, 5.41) is 21.9. The van der Waals surface area contributed by atoms with Crippen LogP contribution in [0.4, 0.5) is 0 Å². The van der Waals surface area contributed by atoms with Crippen molar-refractivity contribution in [3.05, 3.63) is 22.4 Å². The summed E-state index contributed by atoms with van der Waals surface area (Å²) >= 11 is 4.70. The Bertz CT molecular complexity index is 200. The quantitative estimate of drug-likeness (QED) is 0.783. The highest BCUT2D eigenvalue weighted by Crippen LogP contribution is 2.23. The van der Waals surface area contributed by atoms with Crippen molar-refractivity contribution in [2.24, 2.45) is 0 Å². The van der Waals surface area contributed by atoms with Crippen molar-refractivity contribution in [1.82, 2.24) is 0 Å². The lowest BCUT2D eigenvalue weighted by molar-refractivity contribution is 0.145. The van der Waals surface area contributed by atoms with E-state index in [2.05, 4.69) is 15.9 Å². The Labute approximate surface area is 77.6 Å². The molecule has 0 radical (unpaired) electrons. The second kappa shape index (κ2) is 4.21. The van der Waals surface area contributed by atoms with Gasteiger partial charge in [0.2, 0.25) is 0 Å². The molecule has 0 bridgehead atoms. The van der Waals surface area contributed by atoms with Crippen molar-refractivity contribution >= 4 is 27.3 Å². The summed E-state index contributed by atoms with van der Waals surface area (Å²) in [6.45, 7) is -0.0585. The largest absolute Gasteiger partial charge is 0.395 e. The van der Waals surface area contributed by atoms with Crippen LogP contribution in [-0.4, -0.2) is 21.6 Å². The van der Waals surface area contributed by atoms with Gasteiger partial charge in [0.1, 0.15) is 0 Å². The molecule has 4 heteroatoms. The van der Waals surface area contributed by atoms with Gasteiger partial charge in [-0.15, -0.1) is 0 Å². The molecule has 2 unspecified atom stereocenters. The van der Waals surface area contributed by atoms with Gasteiger partial charge >= 0.3 is 0 Å². The normalized spacial score (nSPS) is 16.3. The van der Waals surface area contributed by atoms with Gasteiger partial charge in [-0.3, -0.25) is 0 Å². The van der Waals surface area contributed by atoms with E-state index in [1.165, 1.54) is 11.3 Å². The first-order valence-corrected chi connectivity index (χ1v) is 5.06. The summed E-state index contributed by atoms with van der Waals surface area (Å²) in [6, 6.07) is 1.85. The van der Waals surface area contributed by atoms with Crippen LogP contribution in [0.25, 0.3) is 0 Å². The van der Waals surface area contributed by atoms with Crippen LogP contribution in [-0.2, 0) is 0 Å². The van der Waals surface area contributed by atoms with E-state index < -0.39 is 6.10 Å². The van der Waals surface area contributed by atoms with Gasteiger partial charge in [0.05, 0.1) is 17.5 Å². The molecule has 0 amide bonds. The van der Waals surface area contributed by atoms with Gasteiger partial charge in [0, 0.05) is 0 Å². The summed E-state index contributed by atoms with van der Waals surface area (Å²) in [7, 11) is 0. The van der Waals surface area contributed by atoms with Gasteiger partial charge in [-0.1, -0.05) is 15.9 Å². The van der Waals surface area contributed by atoms with Crippen LogP contribution < -0.4 is 0 Å². The minimum atomic E-state index is -0.605. The van der Waals surface area contributed by atoms with Gasteiger partial charge in [0.25, 0.3) is 0 Å². The van der Waals surface area contributed by atoms with Crippen LogP contribution in [0.15, 0.2) is 16.8 Å². The van der Waals surface area contributed by atoms with Crippen LogP contribution in [0.1, 0.15) is 11.7 Å². The smallest absolute Gasteiger partial charge is 0.0945 e. The van der Waals surface area contributed by atoms with Crippen molar-refractivity contribution in [3.8, 4) is 0 Å². The third kappa shape index (κ3) is 2.27. The number of alkyl halides is 1. The van der Waals surface area contributed by atoms with Gasteiger partial charge < -0.3 is 10.2 Å². The Morgan fingerprint density at radius 3 is 2.82 bits per heavy atom. The lowest BCUT2D eigenvalue weighted by atomic mass is 10.1. The SMILES string of the molecule is OCC(Br)C(O)c1ccsc1. The molecular weight excluding hydrogens is 228 g/mol. The molecule has 0 spiro atoms. The maximum absolute atomic E-state index is 9.48. The predicted octanol–water partition coefficient (Wildman–Crippen LogP) is 1.54. The van der Waals surface area contributed by atoms with E-state index in [-0.39, 0.29) is 11.4 Å². The van der Waals surface area contributed by atoms with Crippen LogP contribution >= 0.6 is 27.3 Å². The molecule has 62 valence electrons. The van der Waals surface area contributed by atoms with Crippen molar-refractivity contribution < 1.29 is 10.2 Å². The predicted molar refractivity (Wildman–Crippen MR) is 49.1 cm³/mol. The number of aliphatic hydroxyl groups is 2. The monoisotopic (exact) mass is 236 g/mol. The second-order valence-corrected chi connectivity index (χ2v) is 4.16. The van der Waals surface area contributed by atoms with Crippen LogP contribution in [0.3, 0.4) is 0 Å². The first kappa shape index (κ1) is 9.19. The molecule has 0 saturated carbocycles. The first-order chi connectivity index (χ1) is 5.25. The molecule has 1 rings (SSSR count). The molecule has 1 aromatic heterocycles. The van der Waals surface area contributed by atoms with Crippen molar-refractivity contribution in [3.63, 3.8) is 0 Å². The molecule has 11 heavy (non-hydrogen) atoms. The number of hydrogen-bond acceptors (Lipinski definition) is 3. The van der Waals surface area contributed by atoms with Gasteiger partial charge in [0.15, 0.2) is 0 Å². The second-order valence-electron chi connectivity index (χ2n) is 2.20. The highest BCUT2D eigenvalue weighted by atomic mass is 79.9. The molecule has 0 aliphatic carbocycles. The Balaban J connectivity index is 2.62. The van der Waals surface area contributed by atoms with Crippen LogP contribution in [0.5, 0.6) is 0 Å². The minimum absolute atomic E-state index is 0.0585. The molecule has 1 heterocycles. The fourth-order valence-corrected chi connectivity index (χ4v) is 1.75. The van der Waals surface area contributed by atoms with E-state index in [0.29, 0.717) is 0 Å². The number of thiophene rings is 1. The molecule has 0 aromatic carbocycles. The van der Waals surface area contributed by atoms with Crippen molar-refractivity contribution in [2.45, 2.75) is 10.9 Å². The van der Waals surface area contributed by atoms with Gasteiger partial charge in [-0.2, -0.15) is 11.3 Å². The molecule has 0 saturated heterocycles. The summed E-state index contributed by atoms with van der Waals surface area (Å²) in [4.78, 5) is -0.267. The average Bonchev–Trinajstić information content (AvgIpc) is 2.53. The number of aliphatic hydroxyl groups excluding tert-OH is 2. The fourth-order valence-electron chi connectivity index (χ4n) is 0.752. The number of halogens is 1. The van der Waals surface area contributed by atoms with Crippen LogP contribution in [0, 0.1) is 0 Å². The van der Waals surface area contributed by atoms with E-state index in [0.717, 1.165) is 5.56 Å². The molecular formula is C7H9BrO2S. The Morgan fingerprint density at radius 1 is 1.64 bits per heavy atom. The molecule has 2 N–H and O–H groups in total. The fraction of sp³-hybridized carbons (Fsp3) is 0.429. The zero-order valence-electron chi connectivity index (χ0n) is 5.77. The Kier molecular flexibility index (Phi) is 3.51. The average molecular weight is 237 g/mol. The minimum Gasteiger partial charge on any atom is -0.395 e. The van der Waals surface area contributed by atoms with Gasteiger partial charge in [-0.25, -0.2) is 0 Å². The Morgan fingerprint density at radius 2 is 2.36 bits per heavy atom. The maximum Gasteiger partial charge on any atom is 0.0945 e. The van der Waals surface area contributed by atoms with E-state index in [4.69, 9.17) is 5.11 Å². The molecule has 1 aromatic rings. The van der Waals surface area contributed by atoms with Crippen molar-refractivity contribution in [2.75, 3.05) is 6.61 Å². The van der Waals surface area contributed by atoms with E-state index >= 15 is 0 Å². The van der Waals surface area contributed by atoms with Gasteiger partial charge in [-0.05, 0) is 22.4 Å². The highest BCUT2D eigenvalue weighted by Gasteiger charge is 2.16. The lowest BCUT2D eigenvalue weighted by Gasteiger charge is -2.12. The van der Waals surface area contributed by atoms with Crippen molar-refractivity contribution in [1.29, 1.82) is 0 Å². The van der Waals surface area contributed by atoms with E-state index in [1.807, 2.05) is 16.8 Å². The third-order valence-corrected chi connectivity index (χ3v) is 2.89. The number of hydrogen-bond donors (Lipinski definition) is 2. The summed E-state index contributed by atoms with van der Waals surface area (Å²) in [5.74, 6) is 0. The number of rotatable bonds is 3. The standard InChI is InChI=1S/C7H9BrO2S/c8-6(3-9)7(10)5-1-2-11-4-5/h1-2,4,6-7,9-10H,3H2. The lowest BCUT2D eigenvalue weighted by Crippen LogP contribution is -2.14. The van der Waals surface area contributed by atoms with E-state index in [9.17, 15) is 5.11 Å². The third-order valence-electron chi connectivity index (χ3n) is 1.40. The summed E-state index contributed by atoms with van der Waals surface area (Å²) < 4.78 is 0. The highest BCUT2D eigenvalue weighted by molar-refractivity contribution is 9.09. The zero-order valence-corrected chi connectivity index (χ0v) is 8.18. The maximum atomic E-state index is 9.48. The topological polar surface area (TPSA) is 40.5 Å².